The summed E-state index contributed by atoms with van der Waals surface area (Å²) in [6, 6.07) is 13.9. The number of esters is 1. The SMILES string of the molecule is CCOC(=O)C1(O)Oc2ccccc2NC1c1ccc(C)cc1. The van der Waals surface area contributed by atoms with Crippen molar-refractivity contribution in [2.75, 3.05) is 11.9 Å². The number of ether oxygens (including phenoxy) is 2. The molecule has 2 unspecified atom stereocenters. The van der Waals surface area contributed by atoms with E-state index in [1.165, 1.54) is 0 Å². The summed E-state index contributed by atoms with van der Waals surface area (Å²) >= 11 is 0. The molecule has 0 saturated heterocycles. The van der Waals surface area contributed by atoms with Gasteiger partial charge in [-0.3, -0.25) is 0 Å². The van der Waals surface area contributed by atoms with E-state index in [1.54, 1.807) is 19.1 Å². The van der Waals surface area contributed by atoms with Crippen molar-refractivity contribution in [3.63, 3.8) is 0 Å². The zero-order chi connectivity index (χ0) is 16.4. The predicted molar refractivity (Wildman–Crippen MR) is 86.2 cm³/mol. The van der Waals surface area contributed by atoms with Gasteiger partial charge in [0.25, 0.3) is 0 Å². The molecule has 2 N–H and O–H groups in total. The van der Waals surface area contributed by atoms with Crippen molar-refractivity contribution in [3.8, 4) is 5.75 Å². The van der Waals surface area contributed by atoms with Gasteiger partial charge in [-0.05, 0) is 31.5 Å². The van der Waals surface area contributed by atoms with Crippen LogP contribution in [0, 0.1) is 6.92 Å². The van der Waals surface area contributed by atoms with Gasteiger partial charge in [-0.1, -0.05) is 42.0 Å². The Bertz CT molecular complexity index is 713. The maximum atomic E-state index is 12.3. The highest BCUT2D eigenvalue weighted by molar-refractivity contribution is 5.82. The Balaban J connectivity index is 2.06. The van der Waals surface area contributed by atoms with Crippen molar-refractivity contribution in [1.82, 2.24) is 0 Å². The van der Waals surface area contributed by atoms with Crippen LogP contribution in [-0.2, 0) is 9.53 Å². The van der Waals surface area contributed by atoms with Gasteiger partial charge < -0.3 is 19.9 Å². The summed E-state index contributed by atoms with van der Waals surface area (Å²) in [7, 11) is 0. The molecule has 0 saturated carbocycles. The maximum Gasteiger partial charge on any atom is 0.382 e. The number of carbonyl (C=O) groups excluding carboxylic acids is 1. The topological polar surface area (TPSA) is 67.8 Å². The van der Waals surface area contributed by atoms with E-state index in [1.807, 2.05) is 43.3 Å². The van der Waals surface area contributed by atoms with Crippen LogP contribution in [0.1, 0.15) is 24.1 Å². The first kappa shape index (κ1) is 15.4. The smallest absolute Gasteiger partial charge is 0.382 e. The average molecular weight is 313 g/mol. The second-order valence-electron chi connectivity index (χ2n) is 5.50. The van der Waals surface area contributed by atoms with Crippen LogP contribution in [0.15, 0.2) is 48.5 Å². The van der Waals surface area contributed by atoms with Gasteiger partial charge >= 0.3 is 11.8 Å². The summed E-state index contributed by atoms with van der Waals surface area (Å²) < 4.78 is 10.7. The van der Waals surface area contributed by atoms with Gasteiger partial charge in [0.1, 0.15) is 11.8 Å². The molecule has 2 atom stereocenters. The first-order valence-electron chi connectivity index (χ1n) is 7.55. The number of aryl methyl sites for hydroxylation is 1. The minimum atomic E-state index is -2.13. The number of para-hydroxylation sites is 2. The van der Waals surface area contributed by atoms with Crippen molar-refractivity contribution >= 4 is 11.7 Å². The monoisotopic (exact) mass is 313 g/mol. The molecule has 5 nitrogen and oxygen atoms in total. The summed E-state index contributed by atoms with van der Waals surface area (Å²) in [6.07, 6.45) is 0. The number of hydrogen-bond donors (Lipinski definition) is 2. The molecule has 2 aromatic rings. The number of benzene rings is 2. The van der Waals surface area contributed by atoms with Gasteiger partial charge in [-0.2, -0.15) is 0 Å². The molecule has 0 aromatic heterocycles. The fourth-order valence-corrected chi connectivity index (χ4v) is 2.62. The quantitative estimate of drug-likeness (QED) is 0.853. The van der Waals surface area contributed by atoms with E-state index in [4.69, 9.17) is 9.47 Å². The van der Waals surface area contributed by atoms with Crippen LogP contribution in [-0.4, -0.2) is 23.5 Å². The summed E-state index contributed by atoms with van der Waals surface area (Å²) in [5, 5.41) is 14.1. The third kappa shape index (κ3) is 2.75. The standard InChI is InChI=1S/C18H19NO4/c1-3-22-17(20)18(21)16(13-10-8-12(2)9-11-13)19-14-6-4-5-7-15(14)23-18/h4-11,16,19,21H,3H2,1-2H3. The molecular formula is C18H19NO4. The number of hydrogen-bond acceptors (Lipinski definition) is 5. The summed E-state index contributed by atoms with van der Waals surface area (Å²) in [6.45, 7) is 3.82. The lowest BCUT2D eigenvalue weighted by Gasteiger charge is -2.39. The number of fused-ring (bicyclic) bond motifs is 1. The first-order chi connectivity index (χ1) is 11.0. The molecule has 0 amide bonds. The Hall–Kier alpha value is -2.53. The molecule has 0 spiro atoms. The summed E-state index contributed by atoms with van der Waals surface area (Å²) in [4.78, 5) is 12.3. The highest BCUT2D eigenvalue weighted by Crippen LogP contribution is 2.42. The van der Waals surface area contributed by atoms with Crippen molar-refractivity contribution in [2.45, 2.75) is 25.7 Å². The fourth-order valence-electron chi connectivity index (χ4n) is 2.62. The van der Waals surface area contributed by atoms with E-state index < -0.39 is 17.8 Å². The number of carbonyl (C=O) groups is 1. The molecule has 1 aliphatic heterocycles. The van der Waals surface area contributed by atoms with Crippen LogP contribution < -0.4 is 10.1 Å². The third-order valence-electron chi connectivity index (χ3n) is 3.82. The normalized spacial score (nSPS) is 22.5. The van der Waals surface area contributed by atoms with Gasteiger partial charge in [0.2, 0.25) is 0 Å². The van der Waals surface area contributed by atoms with Gasteiger partial charge in [0.05, 0.1) is 12.3 Å². The lowest BCUT2D eigenvalue weighted by Crippen LogP contribution is -2.55. The van der Waals surface area contributed by atoms with Gasteiger partial charge in [-0.25, -0.2) is 4.79 Å². The fraction of sp³-hybridized carbons (Fsp3) is 0.278. The van der Waals surface area contributed by atoms with Crippen LogP contribution in [0.4, 0.5) is 5.69 Å². The van der Waals surface area contributed by atoms with Crippen molar-refractivity contribution in [3.05, 3.63) is 59.7 Å². The van der Waals surface area contributed by atoms with Crippen LogP contribution in [0.25, 0.3) is 0 Å². The molecule has 2 aromatic carbocycles. The zero-order valence-electron chi connectivity index (χ0n) is 13.1. The van der Waals surface area contributed by atoms with Gasteiger partial charge in [0.15, 0.2) is 0 Å². The van der Waals surface area contributed by atoms with Crippen molar-refractivity contribution in [2.24, 2.45) is 0 Å². The number of nitrogens with one attached hydrogen (secondary N) is 1. The van der Waals surface area contributed by atoms with Gasteiger partial charge in [0, 0.05) is 0 Å². The van der Waals surface area contributed by atoms with E-state index in [9.17, 15) is 9.90 Å². The van der Waals surface area contributed by atoms with E-state index in [0.717, 1.165) is 11.1 Å². The molecule has 1 aliphatic rings. The lowest BCUT2D eigenvalue weighted by atomic mass is 9.95. The Morgan fingerprint density at radius 3 is 2.65 bits per heavy atom. The summed E-state index contributed by atoms with van der Waals surface area (Å²) in [5.74, 6) is -2.53. The molecule has 0 radical (unpaired) electrons. The highest BCUT2D eigenvalue weighted by Gasteiger charge is 2.52. The van der Waals surface area contributed by atoms with Crippen LogP contribution >= 0.6 is 0 Å². The van der Waals surface area contributed by atoms with Gasteiger partial charge in [-0.15, -0.1) is 0 Å². The van der Waals surface area contributed by atoms with Crippen molar-refractivity contribution < 1.29 is 19.4 Å². The second kappa shape index (κ2) is 5.93. The van der Waals surface area contributed by atoms with E-state index in [2.05, 4.69) is 5.32 Å². The maximum absolute atomic E-state index is 12.3. The second-order valence-corrected chi connectivity index (χ2v) is 5.50. The predicted octanol–water partition coefficient (Wildman–Crippen LogP) is 2.79. The molecule has 1 heterocycles. The molecule has 0 aliphatic carbocycles. The molecule has 3 rings (SSSR count). The molecule has 5 heteroatoms. The molecule has 0 fully saturated rings. The zero-order valence-corrected chi connectivity index (χ0v) is 13.1. The molecule has 23 heavy (non-hydrogen) atoms. The van der Waals surface area contributed by atoms with Crippen LogP contribution in [0.5, 0.6) is 5.75 Å². The molecule has 0 bridgehead atoms. The third-order valence-corrected chi connectivity index (χ3v) is 3.82. The molecule has 120 valence electrons. The lowest BCUT2D eigenvalue weighted by molar-refractivity contribution is -0.206. The first-order valence-corrected chi connectivity index (χ1v) is 7.55. The molecular weight excluding hydrogens is 294 g/mol. The van der Waals surface area contributed by atoms with E-state index >= 15 is 0 Å². The Labute approximate surface area is 134 Å². The number of aliphatic hydroxyl groups is 1. The minimum Gasteiger partial charge on any atom is -0.461 e. The van der Waals surface area contributed by atoms with Crippen LogP contribution in [0.3, 0.4) is 0 Å². The minimum absolute atomic E-state index is 0.159. The van der Waals surface area contributed by atoms with Crippen molar-refractivity contribution in [1.29, 1.82) is 0 Å². The Morgan fingerprint density at radius 2 is 1.96 bits per heavy atom. The highest BCUT2D eigenvalue weighted by atomic mass is 16.7. The van der Waals surface area contributed by atoms with E-state index in [0.29, 0.717) is 11.4 Å². The Kier molecular flexibility index (Phi) is 3.96. The van der Waals surface area contributed by atoms with E-state index in [-0.39, 0.29) is 6.61 Å². The van der Waals surface area contributed by atoms with Crippen LogP contribution in [0.2, 0.25) is 0 Å². The Morgan fingerprint density at radius 1 is 1.26 bits per heavy atom. The number of rotatable bonds is 3. The number of anilines is 1. The average Bonchev–Trinajstić information content (AvgIpc) is 2.55. The largest absolute Gasteiger partial charge is 0.461 e. The summed E-state index contributed by atoms with van der Waals surface area (Å²) in [5.41, 5.74) is 2.54.